The lowest BCUT2D eigenvalue weighted by Crippen LogP contribution is -2.21. The first-order valence-electron chi connectivity index (χ1n) is 7.52. The van der Waals surface area contributed by atoms with E-state index < -0.39 is 36.4 Å². The third-order valence-corrected chi connectivity index (χ3v) is 2.95. The van der Waals surface area contributed by atoms with Crippen molar-refractivity contribution in [2.45, 2.75) is 51.1 Å². The van der Waals surface area contributed by atoms with Crippen LogP contribution in [0.5, 0.6) is 0 Å². The van der Waals surface area contributed by atoms with Gasteiger partial charge < -0.3 is 29.5 Å². The molecular formula is C16H26O8. The summed E-state index contributed by atoms with van der Waals surface area (Å²) in [5.74, 6) is -1.72. The highest BCUT2D eigenvalue weighted by atomic mass is 16.7. The number of methoxy groups -OCH3 is 1. The summed E-state index contributed by atoms with van der Waals surface area (Å²) in [6.07, 6.45) is 2.43. The van der Waals surface area contributed by atoms with Gasteiger partial charge in [-0.3, -0.25) is 0 Å². The molecule has 4 atom stereocenters. The monoisotopic (exact) mass is 346 g/mol. The van der Waals surface area contributed by atoms with Crippen LogP contribution in [0.25, 0.3) is 0 Å². The standard InChI is InChI=1S/C16H26O8/c1-11(24-16(21)9-7-14(18)12(2)17)4-5-13(23-10-22-3)6-8-15(19)20/h6-9,11-14,17-18H,4-5,10H2,1-3H3,(H,19,20)/b8-6+,9-7+/t11-,12-,13-,14-/m1/s1. The number of aliphatic hydroxyl groups is 2. The lowest BCUT2D eigenvalue weighted by molar-refractivity contribution is -0.143. The maximum Gasteiger partial charge on any atom is 0.330 e. The molecule has 0 saturated heterocycles. The zero-order chi connectivity index (χ0) is 18.5. The van der Waals surface area contributed by atoms with Crippen LogP contribution in [0.3, 0.4) is 0 Å². The molecule has 0 radical (unpaired) electrons. The van der Waals surface area contributed by atoms with Crippen molar-refractivity contribution < 1.29 is 39.1 Å². The molecular weight excluding hydrogens is 320 g/mol. The van der Waals surface area contributed by atoms with Crippen LogP contribution in [0.4, 0.5) is 0 Å². The van der Waals surface area contributed by atoms with Crippen LogP contribution in [0.1, 0.15) is 26.7 Å². The van der Waals surface area contributed by atoms with E-state index in [1.807, 2.05) is 0 Å². The topological polar surface area (TPSA) is 123 Å². The van der Waals surface area contributed by atoms with E-state index in [1.165, 1.54) is 20.1 Å². The second-order valence-electron chi connectivity index (χ2n) is 5.22. The number of aliphatic hydroxyl groups excluding tert-OH is 2. The molecule has 0 fully saturated rings. The van der Waals surface area contributed by atoms with Crippen molar-refractivity contribution >= 4 is 11.9 Å². The number of carbonyl (C=O) groups excluding carboxylic acids is 1. The normalized spacial score (nSPS) is 16.9. The molecule has 0 amide bonds. The minimum atomic E-state index is -1.14. The Bertz CT molecular complexity index is 430. The Morgan fingerprint density at radius 2 is 1.75 bits per heavy atom. The van der Waals surface area contributed by atoms with Crippen molar-refractivity contribution in [1.29, 1.82) is 0 Å². The first-order valence-corrected chi connectivity index (χ1v) is 7.52. The first kappa shape index (κ1) is 22.3. The molecule has 0 bridgehead atoms. The Morgan fingerprint density at radius 1 is 1.08 bits per heavy atom. The van der Waals surface area contributed by atoms with Crippen LogP contribution in [0.15, 0.2) is 24.3 Å². The highest BCUT2D eigenvalue weighted by Crippen LogP contribution is 2.10. The Morgan fingerprint density at radius 3 is 2.29 bits per heavy atom. The van der Waals surface area contributed by atoms with Gasteiger partial charge in [0.1, 0.15) is 6.79 Å². The molecule has 8 nitrogen and oxygen atoms in total. The van der Waals surface area contributed by atoms with E-state index in [-0.39, 0.29) is 6.79 Å². The highest BCUT2D eigenvalue weighted by molar-refractivity contribution is 5.82. The number of esters is 1. The van der Waals surface area contributed by atoms with Gasteiger partial charge in [0.05, 0.1) is 24.4 Å². The maximum atomic E-state index is 11.6. The second-order valence-corrected chi connectivity index (χ2v) is 5.22. The quantitative estimate of drug-likeness (QED) is 0.267. The van der Waals surface area contributed by atoms with E-state index in [2.05, 4.69) is 0 Å². The predicted octanol–water partition coefficient (Wildman–Crippen LogP) is 0.626. The molecule has 0 aliphatic heterocycles. The summed E-state index contributed by atoms with van der Waals surface area (Å²) in [5.41, 5.74) is 0. The number of hydrogen-bond donors (Lipinski definition) is 3. The first-order chi connectivity index (χ1) is 11.3. The second kappa shape index (κ2) is 12.7. The molecule has 0 aliphatic carbocycles. The molecule has 3 N–H and O–H groups in total. The number of carboxylic acids is 1. The molecule has 0 aromatic carbocycles. The van der Waals surface area contributed by atoms with Gasteiger partial charge in [-0.1, -0.05) is 0 Å². The van der Waals surface area contributed by atoms with Crippen LogP contribution >= 0.6 is 0 Å². The summed E-state index contributed by atoms with van der Waals surface area (Å²) in [4.78, 5) is 22.1. The maximum absolute atomic E-state index is 11.6. The van der Waals surface area contributed by atoms with Crippen molar-refractivity contribution in [3.05, 3.63) is 24.3 Å². The van der Waals surface area contributed by atoms with E-state index in [9.17, 15) is 14.7 Å². The fourth-order valence-corrected chi connectivity index (χ4v) is 1.61. The molecule has 24 heavy (non-hydrogen) atoms. The Hall–Kier alpha value is -1.74. The molecule has 0 spiro atoms. The van der Waals surface area contributed by atoms with Gasteiger partial charge >= 0.3 is 11.9 Å². The van der Waals surface area contributed by atoms with Crippen LogP contribution in [0, 0.1) is 0 Å². The van der Waals surface area contributed by atoms with Crippen molar-refractivity contribution in [2.75, 3.05) is 13.9 Å². The molecule has 0 aromatic rings. The van der Waals surface area contributed by atoms with E-state index >= 15 is 0 Å². The van der Waals surface area contributed by atoms with Gasteiger partial charge in [0, 0.05) is 19.3 Å². The summed E-state index contributed by atoms with van der Waals surface area (Å²) in [7, 11) is 1.45. The molecule has 0 aromatic heterocycles. The van der Waals surface area contributed by atoms with E-state index in [4.69, 9.17) is 24.4 Å². The number of carbonyl (C=O) groups is 2. The van der Waals surface area contributed by atoms with Gasteiger partial charge in [0.25, 0.3) is 0 Å². The smallest absolute Gasteiger partial charge is 0.330 e. The summed E-state index contributed by atoms with van der Waals surface area (Å²) >= 11 is 0. The van der Waals surface area contributed by atoms with Gasteiger partial charge in [0.15, 0.2) is 0 Å². The zero-order valence-corrected chi connectivity index (χ0v) is 14.1. The molecule has 0 rings (SSSR count). The van der Waals surface area contributed by atoms with E-state index in [1.54, 1.807) is 6.92 Å². The van der Waals surface area contributed by atoms with Crippen LogP contribution in [-0.4, -0.2) is 65.6 Å². The molecule has 8 heteroatoms. The number of rotatable bonds is 12. The Balaban J connectivity index is 4.33. The Kier molecular flexibility index (Phi) is 11.7. The van der Waals surface area contributed by atoms with Gasteiger partial charge in [0.2, 0.25) is 0 Å². The third kappa shape index (κ3) is 11.8. The zero-order valence-electron chi connectivity index (χ0n) is 14.1. The van der Waals surface area contributed by atoms with Crippen LogP contribution < -0.4 is 0 Å². The van der Waals surface area contributed by atoms with Gasteiger partial charge in [-0.05, 0) is 38.8 Å². The van der Waals surface area contributed by atoms with Gasteiger partial charge in [-0.15, -0.1) is 0 Å². The van der Waals surface area contributed by atoms with Crippen molar-refractivity contribution in [2.24, 2.45) is 0 Å². The third-order valence-electron chi connectivity index (χ3n) is 2.95. The molecule has 0 aliphatic rings. The predicted molar refractivity (Wildman–Crippen MR) is 85.1 cm³/mol. The van der Waals surface area contributed by atoms with Crippen molar-refractivity contribution in [1.82, 2.24) is 0 Å². The van der Waals surface area contributed by atoms with Gasteiger partial charge in [-0.25, -0.2) is 9.59 Å². The summed E-state index contributed by atoms with van der Waals surface area (Å²) in [5, 5.41) is 27.1. The largest absolute Gasteiger partial charge is 0.478 e. The van der Waals surface area contributed by atoms with Crippen LogP contribution in [-0.2, 0) is 23.8 Å². The van der Waals surface area contributed by atoms with E-state index in [0.717, 1.165) is 18.2 Å². The van der Waals surface area contributed by atoms with Gasteiger partial charge in [-0.2, -0.15) is 0 Å². The molecule has 0 heterocycles. The highest BCUT2D eigenvalue weighted by Gasteiger charge is 2.13. The summed E-state index contributed by atoms with van der Waals surface area (Å²) < 4.78 is 15.2. The van der Waals surface area contributed by atoms with Crippen LogP contribution in [0.2, 0.25) is 0 Å². The lowest BCUT2D eigenvalue weighted by Gasteiger charge is -2.17. The van der Waals surface area contributed by atoms with Crippen molar-refractivity contribution in [3.63, 3.8) is 0 Å². The number of carboxylic acid groups (broad SMARTS) is 1. The molecule has 138 valence electrons. The van der Waals surface area contributed by atoms with Crippen molar-refractivity contribution in [3.8, 4) is 0 Å². The number of hydrogen-bond acceptors (Lipinski definition) is 7. The fraction of sp³-hybridized carbons (Fsp3) is 0.625. The lowest BCUT2D eigenvalue weighted by atomic mass is 10.1. The Labute approximate surface area is 141 Å². The minimum Gasteiger partial charge on any atom is -0.478 e. The SMILES string of the molecule is COCO[C@@H](/C=C/C(=O)O)CC[C@@H](C)OC(=O)/C=C/[C@@H](O)[C@@H](C)O. The fourth-order valence-electron chi connectivity index (χ4n) is 1.61. The average Bonchev–Trinajstić information content (AvgIpc) is 2.51. The molecule has 0 unspecified atom stereocenters. The summed E-state index contributed by atoms with van der Waals surface area (Å²) in [6, 6.07) is 0. The minimum absolute atomic E-state index is 0.0166. The molecule has 0 saturated carbocycles. The number of ether oxygens (including phenoxy) is 3. The average molecular weight is 346 g/mol. The van der Waals surface area contributed by atoms with E-state index in [0.29, 0.717) is 12.8 Å². The number of aliphatic carboxylic acids is 1. The summed E-state index contributed by atoms with van der Waals surface area (Å²) in [6.45, 7) is 3.10.